The predicted molar refractivity (Wildman–Crippen MR) is 187 cm³/mol. The number of furan rings is 1. The Morgan fingerprint density at radius 3 is 2.15 bits per heavy atom. The number of carbonyl (C=O) groups excluding carboxylic acids is 3. The molecule has 1 heterocycles. The monoisotopic (exact) mass is 645 g/mol. The Kier molecular flexibility index (Phi) is 10.9. The number of aryl methyl sites for hydroxylation is 1. The third-order valence-corrected chi connectivity index (χ3v) is 8.12. The van der Waals surface area contributed by atoms with Crippen LogP contribution in [0, 0.1) is 6.92 Å². The molecule has 3 amide bonds. The van der Waals surface area contributed by atoms with Crippen LogP contribution in [0.15, 0.2) is 130 Å². The zero-order chi connectivity index (χ0) is 33.2. The molecule has 0 saturated carbocycles. The van der Waals surface area contributed by atoms with Crippen molar-refractivity contribution in [3.8, 4) is 17.1 Å². The van der Waals surface area contributed by atoms with Crippen LogP contribution in [0.3, 0.4) is 0 Å². The van der Waals surface area contributed by atoms with Crippen LogP contribution in [0.4, 0.5) is 11.4 Å². The van der Waals surface area contributed by atoms with Gasteiger partial charge in [-0.15, -0.1) is 11.8 Å². The van der Waals surface area contributed by atoms with Crippen molar-refractivity contribution in [1.82, 2.24) is 5.32 Å². The van der Waals surface area contributed by atoms with Crippen molar-refractivity contribution in [3.05, 3.63) is 138 Å². The molecule has 0 aliphatic rings. The maximum Gasteiger partial charge on any atom is 0.272 e. The summed E-state index contributed by atoms with van der Waals surface area (Å²) in [5, 5.41) is 8.13. The Morgan fingerprint density at radius 1 is 0.809 bits per heavy atom. The number of hydrogen-bond acceptors (Lipinski definition) is 6. The molecule has 4 aromatic carbocycles. The zero-order valence-electron chi connectivity index (χ0n) is 26.3. The van der Waals surface area contributed by atoms with Crippen LogP contribution in [0.25, 0.3) is 17.4 Å². The molecule has 0 fully saturated rings. The minimum absolute atomic E-state index is 0.0155. The van der Waals surface area contributed by atoms with Gasteiger partial charge in [0, 0.05) is 33.5 Å². The lowest BCUT2D eigenvalue weighted by atomic mass is 10.1. The van der Waals surface area contributed by atoms with Gasteiger partial charge in [-0.1, -0.05) is 48.0 Å². The number of ether oxygens (including phenoxy) is 1. The second kappa shape index (κ2) is 15.6. The van der Waals surface area contributed by atoms with E-state index in [4.69, 9.17) is 9.15 Å². The molecule has 0 spiro atoms. The van der Waals surface area contributed by atoms with E-state index in [1.165, 1.54) is 17.8 Å². The van der Waals surface area contributed by atoms with E-state index in [0.29, 0.717) is 35.1 Å². The van der Waals surface area contributed by atoms with Gasteiger partial charge in [-0.25, -0.2) is 0 Å². The number of rotatable bonds is 12. The Labute approximate surface area is 278 Å². The van der Waals surface area contributed by atoms with Crippen LogP contribution >= 0.6 is 11.8 Å². The highest BCUT2D eigenvalue weighted by atomic mass is 32.2. The van der Waals surface area contributed by atoms with Crippen molar-refractivity contribution in [2.75, 3.05) is 17.2 Å². The fourth-order valence-electron chi connectivity index (χ4n) is 4.51. The van der Waals surface area contributed by atoms with E-state index in [9.17, 15) is 14.4 Å². The summed E-state index contributed by atoms with van der Waals surface area (Å²) < 4.78 is 11.5. The van der Waals surface area contributed by atoms with Gasteiger partial charge in [0.05, 0.1) is 11.9 Å². The molecular formula is C38H35N3O5S. The number of thioether (sulfide) groups is 1. The molecule has 47 heavy (non-hydrogen) atoms. The summed E-state index contributed by atoms with van der Waals surface area (Å²) >= 11 is 1.39. The van der Waals surface area contributed by atoms with Crippen molar-refractivity contribution in [2.24, 2.45) is 0 Å². The van der Waals surface area contributed by atoms with Crippen LogP contribution in [0.5, 0.6) is 5.75 Å². The molecule has 0 saturated heterocycles. The minimum atomic E-state index is -0.522. The first-order valence-corrected chi connectivity index (χ1v) is 16.0. The molecule has 5 rings (SSSR count). The predicted octanol–water partition coefficient (Wildman–Crippen LogP) is 8.18. The van der Waals surface area contributed by atoms with Gasteiger partial charge in [0.25, 0.3) is 11.8 Å². The molecule has 1 unspecified atom stereocenters. The first-order chi connectivity index (χ1) is 22.8. The highest BCUT2D eigenvalue weighted by Crippen LogP contribution is 2.27. The standard InChI is InChI=1S/C38H35N3O5S/c1-4-45-31-18-14-29(15-19-31)39-36(42)26(3)47-33-21-16-30(17-22-33)40-38(44)34(41-37(43)28-8-6-5-7-9-28)24-32-20-23-35(46-32)27-12-10-25(2)11-13-27/h5-24,26H,4H2,1-3H3,(H,39,42)(H,40,44)(H,41,43). The molecular weight excluding hydrogens is 611 g/mol. The number of amides is 3. The van der Waals surface area contributed by atoms with Crippen molar-refractivity contribution < 1.29 is 23.5 Å². The van der Waals surface area contributed by atoms with Gasteiger partial charge in [-0.05, 0) is 93.6 Å². The number of hydrogen-bond donors (Lipinski definition) is 3. The van der Waals surface area contributed by atoms with Crippen LogP contribution in [-0.4, -0.2) is 29.6 Å². The molecule has 1 aromatic heterocycles. The third kappa shape index (κ3) is 9.24. The molecule has 0 radical (unpaired) electrons. The van der Waals surface area contributed by atoms with Gasteiger partial charge < -0.3 is 25.1 Å². The van der Waals surface area contributed by atoms with E-state index in [2.05, 4.69) is 16.0 Å². The third-order valence-electron chi connectivity index (χ3n) is 7.01. The maximum atomic E-state index is 13.5. The van der Waals surface area contributed by atoms with E-state index >= 15 is 0 Å². The van der Waals surface area contributed by atoms with E-state index < -0.39 is 11.8 Å². The van der Waals surface area contributed by atoms with Crippen molar-refractivity contribution in [1.29, 1.82) is 0 Å². The summed E-state index contributed by atoms with van der Waals surface area (Å²) in [6.07, 6.45) is 1.50. The molecule has 0 aliphatic heterocycles. The molecule has 238 valence electrons. The average Bonchev–Trinajstić information content (AvgIpc) is 3.55. The van der Waals surface area contributed by atoms with Crippen molar-refractivity contribution >= 4 is 46.9 Å². The first-order valence-electron chi connectivity index (χ1n) is 15.1. The number of anilines is 2. The Bertz CT molecular complexity index is 1850. The van der Waals surface area contributed by atoms with Gasteiger partial charge in [-0.2, -0.15) is 0 Å². The maximum absolute atomic E-state index is 13.5. The van der Waals surface area contributed by atoms with E-state index in [0.717, 1.165) is 21.8 Å². The summed E-state index contributed by atoms with van der Waals surface area (Å²) in [6, 6.07) is 34.5. The average molecular weight is 646 g/mol. The lowest BCUT2D eigenvalue weighted by Crippen LogP contribution is -2.30. The Hall–Kier alpha value is -5.54. The highest BCUT2D eigenvalue weighted by Gasteiger charge is 2.18. The van der Waals surface area contributed by atoms with Crippen LogP contribution in [0.1, 0.15) is 35.5 Å². The van der Waals surface area contributed by atoms with Gasteiger partial charge in [0.15, 0.2) is 0 Å². The van der Waals surface area contributed by atoms with Crippen LogP contribution < -0.4 is 20.7 Å². The van der Waals surface area contributed by atoms with Gasteiger partial charge >= 0.3 is 0 Å². The summed E-state index contributed by atoms with van der Waals surface area (Å²) in [6.45, 7) is 6.33. The van der Waals surface area contributed by atoms with Gasteiger partial charge in [0.1, 0.15) is 23.0 Å². The van der Waals surface area contributed by atoms with Crippen molar-refractivity contribution in [2.45, 2.75) is 30.9 Å². The number of nitrogens with one attached hydrogen (secondary N) is 3. The molecule has 5 aromatic rings. The summed E-state index contributed by atoms with van der Waals surface area (Å²) in [7, 11) is 0. The largest absolute Gasteiger partial charge is 0.494 e. The lowest BCUT2D eigenvalue weighted by molar-refractivity contribution is -0.115. The van der Waals surface area contributed by atoms with E-state index in [1.54, 1.807) is 54.6 Å². The van der Waals surface area contributed by atoms with Gasteiger partial charge in [0.2, 0.25) is 5.91 Å². The van der Waals surface area contributed by atoms with E-state index in [1.807, 2.05) is 81.4 Å². The first kappa shape index (κ1) is 32.8. The fourth-order valence-corrected chi connectivity index (χ4v) is 5.37. The molecule has 3 N–H and O–H groups in total. The molecule has 1 atom stereocenters. The normalized spacial score (nSPS) is 11.8. The zero-order valence-corrected chi connectivity index (χ0v) is 27.1. The molecule has 0 bridgehead atoms. The number of benzene rings is 4. The molecule has 9 heteroatoms. The highest BCUT2D eigenvalue weighted by molar-refractivity contribution is 8.00. The van der Waals surface area contributed by atoms with Gasteiger partial charge in [-0.3, -0.25) is 14.4 Å². The topological polar surface area (TPSA) is 110 Å². The SMILES string of the molecule is CCOc1ccc(NC(=O)C(C)Sc2ccc(NC(=O)C(=Cc3ccc(-c4ccc(C)cc4)o3)NC(=O)c3ccccc3)cc2)cc1. The summed E-state index contributed by atoms with van der Waals surface area (Å²) in [5.74, 6) is 0.704. The Balaban J connectivity index is 1.25. The molecule has 0 aliphatic carbocycles. The van der Waals surface area contributed by atoms with E-state index in [-0.39, 0.29) is 16.9 Å². The van der Waals surface area contributed by atoms with Crippen LogP contribution in [0.2, 0.25) is 0 Å². The number of carbonyl (C=O) groups is 3. The minimum Gasteiger partial charge on any atom is -0.494 e. The second-order valence-electron chi connectivity index (χ2n) is 10.6. The molecule has 8 nitrogen and oxygen atoms in total. The smallest absolute Gasteiger partial charge is 0.272 e. The Morgan fingerprint density at radius 2 is 1.47 bits per heavy atom. The fraction of sp³-hybridized carbons (Fsp3) is 0.132. The summed E-state index contributed by atoms with van der Waals surface area (Å²) in [4.78, 5) is 40.1. The summed E-state index contributed by atoms with van der Waals surface area (Å²) in [5.41, 5.74) is 3.67. The van der Waals surface area contributed by atoms with Crippen molar-refractivity contribution in [3.63, 3.8) is 0 Å². The van der Waals surface area contributed by atoms with Crippen LogP contribution in [-0.2, 0) is 9.59 Å². The second-order valence-corrected chi connectivity index (χ2v) is 12.0. The lowest BCUT2D eigenvalue weighted by Gasteiger charge is -2.14. The quantitative estimate of drug-likeness (QED) is 0.0933.